The number of fused-ring (bicyclic) bond motifs is 1. The molecule has 0 aliphatic carbocycles. The van der Waals surface area contributed by atoms with Crippen LogP contribution < -0.4 is 26.4 Å². The van der Waals surface area contributed by atoms with E-state index in [1.165, 1.54) is 15.8 Å². The molecule has 3 fully saturated rings. The van der Waals surface area contributed by atoms with E-state index in [1.807, 2.05) is 69.6 Å². The first-order valence-corrected chi connectivity index (χ1v) is 27.2. The normalized spacial score (nSPS) is 18.5. The lowest BCUT2D eigenvalue weighted by Crippen LogP contribution is -2.58. The third kappa shape index (κ3) is 12.2. The average Bonchev–Trinajstić information content (AvgIpc) is 4.11. The largest absolute Gasteiger partial charge is 0.391 e. The van der Waals surface area contributed by atoms with Gasteiger partial charge in [-0.15, -0.1) is 17.9 Å². The van der Waals surface area contributed by atoms with Gasteiger partial charge >= 0.3 is 0 Å². The first-order chi connectivity index (χ1) is 36.3. The summed E-state index contributed by atoms with van der Waals surface area (Å²) in [7, 11) is 0. The molecule has 6 aromatic rings. The molecule has 2 unspecified atom stereocenters. The van der Waals surface area contributed by atoms with E-state index >= 15 is 0 Å². The van der Waals surface area contributed by atoms with Gasteiger partial charge in [0.05, 0.1) is 34.4 Å². The lowest BCUT2D eigenvalue weighted by Gasteiger charge is -2.43. The van der Waals surface area contributed by atoms with Crippen molar-refractivity contribution in [2.24, 2.45) is 5.41 Å². The number of pyridine rings is 1. The first kappa shape index (κ1) is 54.0. The summed E-state index contributed by atoms with van der Waals surface area (Å²) >= 11 is 1.58. The number of nitrogens with zero attached hydrogens (tertiary/aromatic N) is 10. The van der Waals surface area contributed by atoms with Gasteiger partial charge in [0.15, 0.2) is 11.5 Å². The van der Waals surface area contributed by atoms with Crippen molar-refractivity contribution >= 4 is 57.4 Å². The predicted molar refractivity (Wildman–Crippen MR) is 296 cm³/mol. The van der Waals surface area contributed by atoms with Gasteiger partial charge in [0, 0.05) is 82.3 Å². The van der Waals surface area contributed by atoms with Crippen LogP contribution in [0.3, 0.4) is 0 Å². The number of rotatable bonds is 17. The number of hydrogen-bond acceptors (Lipinski definition) is 15. The number of aliphatic hydroxyl groups is 2. The molecule has 3 saturated heterocycles. The number of thiazole rings is 1. The summed E-state index contributed by atoms with van der Waals surface area (Å²) in [6, 6.07) is 20.2. The van der Waals surface area contributed by atoms with Crippen LogP contribution in [0.4, 0.5) is 17.3 Å². The highest BCUT2D eigenvalue weighted by Gasteiger charge is 2.44. The van der Waals surface area contributed by atoms with Crippen LogP contribution in [0.15, 0.2) is 95.9 Å². The molecular weight excluding hydrogens is 983 g/mol. The smallest absolute Gasteiger partial charge is 0.278 e. The Labute approximate surface area is 447 Å². The van der Waals surface area contributed by atoms with Crippen molar-refractivity contribution < 1.29 is 24.6 Å². The molecule has 3 amide bonds. The molecule has 3 aliphatic rings. The third-order valence-corrected chi connectivity index (χ3v) is 15.8. The minimum absolute atomic E-state index is 0.0232. The molecule has 5 N–H and O–H groups in total. The van der Waals surface area contributed by atoms with Crippen molar-refractivity contribution in [2.45, 2.75) is 110 Å². The van der Waals surface area contributed by atoms with Crippen LogP contribution in [0.2, 0.25) is 0 Å². The van der Waals surface area contributed by atoms with Gasteiger partial charge in [-0.2, -0.15) is 4.98 Å². The van der Waals surface area contributed by atoms with Crippen molar-refractivity contribution in [1.29, 1.82) is 0 Å². The Bertz CT molecular complexity index is 3090. The van der Waals surface area contributed by atoms with Gasteiger partial charge < -0.3 is 40.9 Å². The van der Waals surface area contributed by atoms with Crippen LogP contribution in [0.1, 0.15) is 77.3 Å². The number of aliphatic hydroxyl groups excluding tert-OH is 1. The fraction of sp³-hybridized carbons (Fsp3) is 0.464. The van der Waals surface area contributed by atoms with Crippen LogP contribution in [-0.2, 0) is 33.1 Å². The summed E-state index contributed by atoms with van der Waals surface area (Å²) in [4.78, 5) is 82.9. The van der Waals surface area contributed by atoms with E-state index in [0.717, 1.165) is 85.2 Å². The SMILES string of the molecule is C=CCn1c(=O)c2cnc(Nc3ccc(N4CCN(C5CCN(CCC(=O)N[C@H](C(=O)N6CC(O)CC6C(=O)NCc6ccc(-c7scnc7C)cc6)C(C)(C)C)CC5)CC4)cc3)nc2n1-c1cccc(C(C)(C)O)n1. The van der Waals surface area contributed by atoms with E-state index < -0.39 is 29.2 Å². The Kier molecular flexibility index (Phi) is 16.2. The van der Waals surface area contributed by atoms with Gasteiger partial charge in [-0.1, -0.05) is 57.2 Å². The van der Waals surface area contributed by atoms with Gasteiger partial charge in [0.2, 0.25) is 23.7 Å². The highest BCUT2D eigenvalue weighted by atomic mass is 32.1. The number of β-amino-alcohol motifs (C(OH)–C–C–N with tert-alkyl or cyclic N) is 1. The molecule has 76 heavy (non-hydrogen) atoms. The van der Waals surface area contributed by atoms with E-state index in [9.17, 15) is 29.4 Å². The van der Waals surface area contributed by atoms with Crippen molar-refractivity contribution in [3.05, 3.63) is 118 Å². The Hall–Kier alpha value is -6.84. The Balaban J connectivity index is 0.725. The Morgan fingerprint density at radius 1 is 0.921 bits per heavy atom. The van der Waals surface area contributed by atoms with Gasteiger partial charge in [-0.05, 0) is 99.6 Å². The fourth-order valence-corrected chi connectivity index (χ4v) is 11.3. The Morgan fingerprint density at radius 2 is 1.64 bits per heavy atom. The molecule has 9 rings (SSSR count). The molecule has 3 atom stereocenters. The van der Waals surface area contributed by atoms with Gasteiger partial charge in [-0.25, -0.2) is 24.3 Å². The molecule has 20 heteroatoms. The molecule has 2 aromatic carbocycles. The predicted octanol–water partition coefficient (Wildman–Crippen LogP) is 5.35. The summed E-state index contributed by atoms with van der Waals surface area (Å²) in [6.07, 6.45) is 4.71. The maximum absolute atomic E-state index is 14.2. The number of piperazine rings is 1. The average molecular weight is 1050 g/mol. The van der Waals surface area contributed by atoms with E-state index in [1.54, 1.807) is 54.1 Å². The van der Waals surface area contributed by atoms with Gasteiger partial charge in [0.25, 0.3) is 5.56 Å². The molecule has 0 saturated carbocycles. The first-order valence-electron chi connectivity index (χ1n) is 26.3. The molecule has 7 heterocycles. The van der Waals surface area contributed by atoms with Gasteiger partial charge in [-0.3, -0.25) is 24.1 Å². The zero-order valence-corrected chi connectivity index (χ0v) is 45.2. The molecule has 0 radical (unpaired) electrons. The zero-order valence-electron chi connectivity index (χ0n) is 44.4. The molecule has 4 aromatic heterocycles. The number of hydrogen-bond donors (Lipinski definition) is 5. The molecule has 0 bridgehead atoms. The molecule has 0 spiro atoms. The maximum Gasteiger partial charge on any atom is 0.278 e. The number of aryl methyl sites for hydroxylation is 1. The lowest BCUT2D eigenvalue weighted by molar-refractivity contribution is -0.144. The second-order valence-electron chi connectivity index (χ2n) is 21.8. The fourth-order valence-electron chi connectivity index (χ4n) is 10.5. The number of carbonyl (C=O) groups excluding carboxylic acids is 3. The van der Waals surface area contributed by atoms with Crippen molar-refractivity contribution in [2.75, 3.05) is 62.6 Å². The van der Waals surface area contributed by atoms with Crippen LogP contribution in [0.5, 0.6) is 0 Å². The number of allylic oxidation sites excluding steroid dienone is 1. The van der Waals surface area contributed by atoms with E-state index in [-0.39, 0.29) is 55.8 Å². The summed E-state index contributed by atoms with van der Waals surface area (Å²) in [6.45, 7) is 21.4. The summed E-state index contributed by atoms with van der Waals surface area (Å²) in [5.74, 6) is -0.159. The van der Waals surface area contributed by atoms with E-state index in [2.05, 4.69) is 64.3 Å². The van der Waals surface area contributed by atoms with Crippen molar-refractivity contribution in [1.82, 2.24) is 54.6 Å². The number of piperidine rings is 1. The zero-order chi connectivity index (χ0) is 53.9. The third-order valence-electron chi connectivity index (χ3n) is 14.8. The summed E-state index contributed by atoms with van der Waals surface area (Å²) in [5.41, 5.74) is 5.43. The number of carbonyl (C=O) groups is 3. The van der Waals surface area contributed by atoms with Crippen LogP contribution in [0, 0.1) is 12.3 Å². The molecule has 3 aliphatic heterocycles. The highest BCUT2D eigenvalue weighted by molar-refractivity contribution is 7.13. The molecular formula is C56H71N13O6S. The van der Waals surface area contributed by atoms with E-state index in [0.29, 0.717) is 41.1 Å². The number of benzene rings is 2. The summed E-state index contributed by atoms with van der Waals surface area (Å²) < 4.78 is 3.14. The number of nitrogens with one attached hydrogen (secondary N) is 3. The van der Waals surface area contributed by atoms with Crippen molar-refractivity contribution in [3.63, 3.8) is 0 Å². The standard InChI is InChI=1S/C56H71N13O6S/c1-8-23-68-52(73)43-33-58-54(63-50(43)69(68)46-11-9-10-45(61-46)56(6,7)75)60-39-16-18-40(19-17-39)65-27-29-66(30-28-65)41-20-24-64(25-21-41)26-22-47(71)62-49(55(3,4)5)53(74)67-34-42(70)31-44(67)51(72)57-32-37-12-14-38(15-13-37)48-36(2)59-35-76-48/h8-19,33,35,41-42,44,49,70,75H,1,20-32,34H2,2-7H3,(H,57,72)(H,62,71)(H,58,60,63)/t42?,44?,49-/m1/s1. The topological polar surface area (TPSA) is 219 Å². The second-order valence-corrected chi connectivity index (χ2v) is 22.7. The number of aromatic nitrogens is 6. The second kappa shape index (κ2) is 22.8. The monoisotopic (exact) mass is 1050 g/mol. The number of likely N-dealkylation sites (tertiary alicyclic amines) is 2. The minimum atomic E-state index is -1.19. The molecule has 19 nitrogen and oxygen atoms in total. The van der Waals surface area contributed by atoms with E-state index in [4.69, 9.17) is 4.98 Å². The Morgan fingerprint density at radius 3 is 2.30 bits per heavy atom. The van der Waals surface area contributed by atoms with Gasteiger partial charge in [0.1, 0.15) is 23.1 Å². The summed E-state index contributed by atoms with van der Waals surface area (Å²) in [5, 5.41) is 31.0. The molecule has 402 valence electrons. The number of anilines is 3. The minimum Gasteiger partial charge on any atom is -0.391 e. The quantitative estimate of drug-likeness (QED) is 0.0728. The maximum atomic E-state index is 14.2. The van der Waals surface area contributed by atoms with Crippen LogP contribution >= 0.6 is 11.3 Å². The lowest BCUT2D eigenvalue weighted by atomic mass is 9.85. The van der Waals surface area contributed by atoms with Crippen LogP contribution in [0.25, 0.3) is 27.3 Å². The van der Waals surface area contributed by atoms with Crippen LogP contribution in [-0.4, -0.2) is 149 Å². The number of amides is 3. The van der Waals surface area contributed by atoms with Crippen molar-refractivity contribution in [3.8, 4) is 16.3 Å². The highest BCUT2D eigenvalue weighted by Crippen LogP contribution is 2.30.